The van der Waals surface area contributed by atoms with Crippen LogP contribution in [0.2, 0.25) is 5.02 Å². The highest BCUT2D eigenvalue weighted by atomic mass is 35.5. The number of aryl methyl sites for hydroxylation is 2. The highest BCUT2D eigenvalue weighted by Crippen LogP contribution is 2.55. The molecule has 0 radical (unpaired) electrons. The van der Waals surface area contributed by atoms with Crippen LogP contribution in [-0.2, 0) is 6.42 Å². The molecule has 1 aliphatic carbocycles. The third-order valence-electron chi connectivity index (χ3n) is 6.78. The standard InChI is InChI=1S/C25H25ClFN3OS/c1-16-29-22(23(32-16)17-2-5-19(27)6-3-17)24(31)30-13-12-25(10-11-25)14-21(30)9-8-20-7-4-18(26)15-28-20/h2-7,15,21H,8-14H2,1H3. The summed E-state index contributed by atoms with van der Waals surface area (Å²) in [4.78, 5) is 25.6. The lowest BCUT2D eigenvalue weighted by Crippen LogP contribution is -2.47. The highest BCUT2D eigenvalue weighted by molar-refractivity contribution is 7.15. The molecule has 1 saturated carbocycles. The van der Waals surface area contributed by atoms with Gasteiger partial charge in [0, 0.05) is 24.5 Å². The first kappa shape index (κ1) is 21.5. The van der Waals surface area contributed by atoms with Crippen molar-refractivity contribution >= 4 is 28.8 Å². The van der Waals surface area contributed by atoms with E-state index < -0.39 is 0 Å². The number of likely N-dealkylation sites (tertiary alicyclic amines) is 1. The molecule has 7 heteroatoms. The van der Waals surface area contributed by atoms with E-state index in [2.05, 4.69) is 9.97 Å². The molecule has 1 amide bonds. The predicted molar refractivity (Wildman–Crippen MR) is 126 cm³/mol. The average molecular weight is 470 g/mol. The van der Waals surface area contributed by atoms with Crippen LogP contribution in [0.5, 0.6) is 0 Å². The van der Waals surface area contributed by atoms with Crippen LogP contribution < -0.4 is 0 Å². The smallest absolute Gasteiger partial charge is 0.274 e. The zero-order valence-corrected chi connectivity index (χ0v) is 19.6. The third kappa shape index (κ3) is 4.44. The van der Waals surface area contributed by atoms with Crippen molar-refractivity contribution < 1.29 is 9.18 Å². The maximum absolute atomic E-state index is 13.7. The molecule has 166 valence electrons. The molecule has 1 aromatic carbocycles. The Morgan fingerprint density at radius 3 is 2.69 bits per heavy atom. The minimum atomic E-state index is -0.288. The Hall–Kier alpha value is -2.31. The molecule has 32 heavy (non-hydrogen) atoms. The quantitative estimate of drug-likeness (QED) is 0.439. The Balaban J connectivity index is 1.40. The van der Waals surface area contributed by atoms with Gasteiger partial charge in [-0.05, 0) is 80.7 Å². The lowest BCUT2D eigenvalue weighted by Gasteiger charge is -2.40. The molecule has 1 aliphatic heterocycles. The van der Waals surface area contributed by atoms with E-state index in [0.29, 0.717) is 16.1 Å². The van der Waals surface area contributed by atoms with Crippen molar-refractivity contribution in [3.05, 3.63) is 69.8 Å². The van der Waals surface area contributed by atoms with Gasteiger partial charge in [0.05, 0.1) is 14.9 Å². The number of thiazole rings is 1. The fourth-order valence-electron chi connectivity index (χ4n) is 4.78. The van der Waals surface area contributed by atoms with Gasteiger partial charge in [0.1, 0.15) is 11.5 Å². The summed E-state index contributed by atoms with van der Waals surface area (Å²) in [6.45, 7) is 2.67. The summed E-state index contributed by atoms with van der Waals surface area (Å²) in [6, 6.07) is 10.3. The van der Waals surface area contributed by atoms with E-state index in [1.54, 1.807) is 18.3 Å². The predicted octanol–water partition coefficient (Wildman–Crippen LogP) is 6.32. The molecule has 1 saturated heterocycles. The number of pyridine rings is 1. The third-order valence-corrected chi connectivity index (χ3v) is 8.02. The van der Waals surface area contributed by atoms with Gasteiger partial charge in [-0.15, -0.1) is 11.3 Å². The zero-order chi connectivity index (χ0) is 22.3. The minimum absolute atomic E-state index is 0.0155. The summed E-state index contributed by atoms with van der Waals surface area (Å²) in [7, 11) is 0. The number of hydrogen-bond donors (Lipinski definition) is 0. The van der Waals surface area contributed by atoms with Crippen LogP contribution in [-0.4, -0.2) is 33.4 Å². The molecule has 0 N–H and O–H groups in total. The summed E-state index contributed by atoms with van der Waals surface area (Å²) in [5.41, 5.74) is 2.74. The maximum Gasteiger partial charge on any atom is 0.274 e. The first-order chi connectivity index (χ1) is 15.4. The fourth-order valence-corrected chi connectivity index (χ4v) is 5.81. The van der Waals surface area contributed by atoms with Crippen molar-refractivity contribution in [2.45, 2.75) is 51.5 Å². The van der Waals surface area contributed by atoms with Crippen LogP contribution in [0.4, 0.5) is 4.39 Å². The van der Waals surface area contributed by atoms with E-state index in [1.807, 2.05) is 24.0 Å². The lowest BCUT2D eigenvalue weighted by atomic mass is 9.85. The van der Waals surface area contributed by atoms with Gasteiger partial charge < -0.3 is 4.90 Å². The molecule has 1 unspecified atom stereocenters. The first-order valence-corrected chi connectivity index (χ1v) is 12.3. The molecule has 1 spiro atoms. The molecule has 0 bridgehead atoms. The van der Waals surface area contributed by atoms with E-state index in [0.717, 1.165) is 53.4 Å². The van der Waals surface area contributed by atoms with E-state index in [1.165, 1.54) is 36.3 Å². The molecule has 3 heterocycles. The van der Waals surface area contributed by atoms with Crippen LogP contribution in [0.3, 0.4) is 0 Å². The molecule has 2 aliphatic rings. The van der Waals surface area contributed by atoms with Gasteiger partial charge in [-0.2, -0.15) is 0 Å². The van der Waals surface area contributed by atoms with Gasteiger partial charge in [-0.3, -0.25) is 9.78 Å². The number of benzene rings is 1. The van der Waals surface area contributed by atoms with Gasteiger partial charge in [0.15, 0.2) is 0 Å². The second-order valence-corrected chi connectivity index (χ2v) is 10.7. The van der Waals surface area contributed by atoms with Crippen LogP contribution in [0.25, 0.3) is 10.4 Å². The molecular formula is C25H25ClFN3OS. The normalized spacial score (nSPS) is 19.3. The lowest BCUT2D eigenvalue weighted by molar-refractivity contribution is 0.0504. The van der Waals surface area contributed by atoms with Crippen molar-refractivity contribution in [3.63, 3.8) is 0 Å². The van der Waals surface area contributed by atoms with Gasteiger partial charge in [-0.1, -0.05) is 23.7 Å². The SMILES string of the molecule is Cc1nc(C(=O)N2CCC3(CC3)CC2CCc2ccc(Cl)cn2)c(-c2ccc(F)cc2)s1. The van der Waals surface area contributed by atoms with Crippen LogP contribution in [0, 0.1) is 18.2 Å². The van der Waals surface area contributed by atoms with Crippen molar-refractivity contribution in [1.29, 1.82) is 0 Å². The van der Waals surface area contributed by atoms with Crippen LogP contribution in [0.1, 0.15) is 53.3 Å². The summed E-state index contributed by atoms with van der Waals surface area (Å²) >= 11 is 7.46. The van der Waals surface area contributed by atoms with Crippen LogP contribution >= 0.6 is 22.9 Å². The molecule has 3 aromatic rings. The average Bonchev–Trinajstić information content (AvgIpc) is 3.42. The number of amides is 1. The number of halogens is 2. The zero-order valence-electron chi connectivity index (χ0n) is 18.0. The van der Waals surface area contributed by atoms with E-state index in [4.69, 9.17) is 11.6 Å². The summed E-state index contributed by atoms with van der Waals surface area (Å²) in [6.07, 6.45) is 7.99. The van der Waals surface area contributed by atoms with Gasteiger partial charge in [-0.25, -0.2) is 9.37 Å². The molecule has 2 fully saturated rings. The summed E-state index contributed by atoms with van der Waals surface area (Å²) < 4.78 is 13.4. The Morgan fingerprint density at radius 1 is 1.22 bits per heavy atom. The van der Waals surface area contributed by atoms with E-state index >= 15 is 0 Å². The number of aromatic nitrogens is 2. The van der Waals surface area contributed by atoms with E-state index in [-0.39, 0.29) is 17.8 Å². The van der Waals surface area contributed by atoms with Crippen molar-refractivity contribution in [2.75, 3.05) is 6.54 Å². The second-order valence-electron chi connectivity index (χ2n) is 9.03. The summed E-state index contributed by atoms with van der Waals surface area (Å²) in [5, 5.41) is 1.47. The Labute approximate surface area is 196 Å². The highest BCUT2D eigenvalue weighted by Gasteiger charge is 2.49. The monoisotopic (exact) mass is 469 g/mol. The molecule has 2 aromatic heterocycles. The second kappa shape index (κ2) is 8.56. The van der Waals surface area contributed by atoms with Crippen molar-refractivity contribution in [2.24, 2.45) is 5.41 Å². The van der Waals surface area contributed by atoms with Gasteiger partial charge in [0.2, 0.25) is 0 Å². The first-order valence-electron chi connectivity index (χ1n) is 11.1. The number of nitrogens with zero attached hydrogens (tertiary/aromatic N) is 3. The molecule has 1 atom stereocenters. The maximum atomic E-state index is 13.7. The summed E-state index contributed by atoms with van der Waals surface area (Å²) in [5.74, 6) is -0.303. The molecular weight excluding hydrogens is 445 g/mol. The largest absolute Gasteiger partial charge is 0.334 e. The number of carbonyl (C=O) groups excluding carboxylic acids is 1. The fraction of sp³-hybridized carbons (Fsp3) is 0.400. The topological polar surface area (TPSA) is 46.1 Å². The number of carbonyl (C=O) groups is 1. The number of rotatable bonds is 5. The van der Waals surface area contributed by atoms with Crippen molar-refractivity contribution in [1.82, 2.24) is 14.9 Å². The van der Waals surface area contributed by atoms with Gasteiger partial charge in [0.25, 0.3) is 5.91 Å². The number of piperidine rings is 1. The Morgan fingerprint density at radius 2 is 2.00 bits per heavy atom. The molecule has 4 nitrogen and oxygen atoms in total. The Kier molecular flexibility index (Phi) is 5.76. The van der Waals surface area contributed by atoms with E-state index in [9.17, 15) is 9.18 Å². The van der Waals surface area contributed by atoms with Crippen molar-refractivity contribution in [3.8, 4) is 10.4 Å². The Bertz CT molecular complexity index is 1130. The number of hydrogen-bond acceptors (Lipinski definition) is 4. The molecule has 5 rings (SSSR count). The minimum Gasteiger partial charge on any atom is -0.334 e. The van der Waals surface area contributed by atoms with Crippen LogP contribution in [0.15, 0.2) is 42.6 Å². The van der Waals surface area contributed by atoms with Gasteiger partial charge >= 0.3 is 0 Å².